The first kappa shape index (κ1) is 14.0. The highest BCUT2D eigenvalue weighted by Gasteiger charge is 2.14. The number of aliphatic hydroxyl groups excluding tert-OH is 1. The van der Waals surface area contributed by atoms with Gasteiger partial charge in [0.1, 0.15) is 5.82 Å². The van der Waals surface area contributed by atoms with Gasteiger partial charge in [0.15, 0.2) is 0 Å². The number of halogens is 2. The number of hydrogen-bond donors (Lipinski definition) is 1. The maximum atomic E-state index is 12.9. The number of benzene rings is 2. The van der Waals surface area contributed by atoms with Crippen LogP contribution in [0.2, 0.25) is 5.02 Å². The highest BCUT2D eigenvalue weighted by atomic mass is 35.5. The molecule has 0 spiro atoms. The SMILES string of the molecule is OC(Cc1ccc(F)cc1)c1ccc(Cl)c2cccnc12. The summed E-state index contributed by atoms with van der Waals surface area (Å²) in [7, 11) is 0. The van der Waals surface area contributed by atoms with Gasteiger partial charge in [-0.1, -0.05) is 29.8 Å². The van der Waals surface area contributed by atoms with Crippen LogP contribution in [0.4, 0.5) is 4.39 Å². The molecule has 0 fully saturated rings. The van der Waals surface area contributed by atoms with E-state index in [9.17, 15) is 9.50 Å². The summed E-state index contributed by atoms with van der Waals surface area (Å²) < 4.78 is 12.9. The van der Waals surface area contributed by atoms with E-state index in [1.165, 1.54) is 12.1 Å². The number of aromatic nitrogens is 1. The molecule has 0 saturated carbocycles. The molecule has 0 amide bonds. The van der Waals surface area contributed by atoms with Gasteiger partial charge in [-0.15, -0.1) is 0 Å². The highest BCUT2D eigenvalue weighted by molar-refractivity contribution is 6.35. The fraction of sp³-hybridized carbons (Fsp3) is 0.118. The van der Waals surface area contributed by atoms with Crippen LogP contribution in [0.25, 0.3) is 10.9 Å². The first-order valence-electron chi connectivity index (χ1n) is 6.61. The average Bonchev–Trinajstić information content (AvgIpc) is 2.50. The number of hydrogen-bond acceptors (Lipinski definition) is 2. The van der Waals surface area contributed by atoms with E-state index in [-0.39, 0.29) is 5.82 Å². The quantitative estimate of drug-likeness (QED) is 0.782. The number of rotatable bonds is 3. The Morgan fingerprint density at radius 1 is 1.10 bits per heavy atom. The molecule has 1 N–H and O–H groups in total. The van der Waals surface area contributed by atoms with E-state index < -0.39 is 6.10 Å². The summed E-state index contributed by atoms with van der Waals surface area (Å²) in [5.74, 6) is -0.285. The monoisotopic (exact) mass is 301 g/mol. The summed E-state index contributed by atoms with van der Waals surface area (Å²) in [5.41, 5.74) is 2.28. The van der Waals surface area contributed by atoms with Gasteiger partial charge in [0.05, 0.1) is 11.6 Å². The molecule has 2 nitrogen and oxygen atoms in total. The molecule has 0 aliphatic carbocycles. The van der Waals surface area contributed by atoms with Gasteiger partial charge in [0.2, 0.25) is 0 Å². The summed E-state index contributed by atoms with van der Waals surface area (Å²) in [6.07, 6.45) is 1.35. The molecule has 0 bridgehead atoms. The molecule has 0 aliphatic heterocycles. The molecular weight excluding hydrogens is 289 g/mol. The van der Waals surface area contributed by atoms with Crippen LogP contribution in [0.5, 0.6) is 0 Å². The van der Waals surface area contributed by atoms with Gasteiger partial charge in [-0.3, -0.25) is 4.98 Å². The molecule has 0 saturated heterocycles. The fourth-order valence-corrected chi connectivity index (χ4v) is 2.60. The van der Waals surface area contributed by atoms with Crippen LogP contribution in [0, 0.1) is 5.82 Å². The lowest BCUT2D eigenvalue weighted by atomic mass is 9.99. The number of pyridine rings is 1. The minimum atomic E-state index is -0.717. The predicted octanol–water partition coefficient (Wildman–Crippen LogP) is 4.30. The van der Waals surface area contributed by atoms with Gasteiger partial charge in [-0.25, -0.2) is 4.39 Å². The maximum Gasteiger partial charge on any atom is 0.123 e. The van der Waals surface area contributed by atoms with Gasteiger partial charge >= 0.3 is 0 Å². The molecule has 1 atom stereocenters. The first-order chi connectivity index (χ1) is 10.1. The second-order valence-electron chi connectivity index (χ2n) is 4.88. The van der Waals surface area contributed by atoms with Crippen molar-refractivity contribution in [2.45, 2.75) is 12.5 Å². The summed E-state index contributed by atoms with van der Waals surface area (Å²) in [5, 5.41) is 11.9. The Bertz CT molecular complexity index is 773. The van der Waals surface area contributed by atoms with E-state index in [4.69, 9.17) is 11.6 Å². The lowest BCUT2D eigenvalue weighted by Crippen LogP contribution is -2.03. The van der Waals surface area contributed by atoms with Crippen molar-refractivity contribution in [3.05, 3.63) is 76.7 Å². The van der Waals surface area contributed by atoms with Crippen LogP contribution < -0.4 is 0 Å². The molecule has 1 heterocycles. The van der Waals surface area contributed by atoms with Gasteiger partial charge < -0.3 is 5.11 Å². The van der Waals surface area contributed by atoms with Crippen molar-refractivity contribution in [3.63, 3.8) is 0 Å². The number of fused-ring (bicyclic) bond motifs is 1. The van der Waals surface area contributed by atoms with Crippen LogP contribution in [0.3, 0.4) is 0 Å². The molecule has 0 radical (unpaired) electrons. The summed E-state index contributed by atoms with van der Waals surface area (Å²) in [4.78, 5) is 4.31. The Morgan fingerprint density at radius 3 is 2.62 bits per heavy atom. The Hall–Kier alpha value is -1.97. The smallest absolute Gasteiger partial charge is 0.123 e. The molecule has 1 aromatic heterocycles. The second kappa shape index (κ2) is 5.80. The van der Waals surface area contributed by atoms with Gasteiger partial charge in [-0.2, -0.15) is 0 Å². The number of nitrogens with zero attached hydrogens (tertiary/aromatic N) is 1. The zero-order valence-corrected chi connectivity index (χ0v) is 11.9. The Balaban J connectivity index is 1.96. The van der Waals surface area contributed by atoms with E-state index in [1.807, 2.05) is 12.1 Å². The van der Waals surface area contributed by atoms with E-state index in [1.54, 1.807) is 30.5 Å². The lowest BCUT2D eigenvalue weighted by Gasteiger charge is -2.14. The standard InChI is InChI=1S/C17H13ClFNO/c18-15-8-7-14(17-13(15)2-1-9-20-17)16(21)10-11-3-5-12(19)6-4-11/h1-9,16,21H,10H2. The van der Waals surface area contributed by atoms with Gasteiger partial charge in [-0.05, 0) is 35.9 Å². The minimum Gasteiger partial charge on any atom is -0.388 e. The third kappa shape index (κ3) is 2.89. The zero-order valence-electron chi connectivity index (χ0n) is 11.1. The largest absolute Gasteiger partial charge is 0.388 e. The molecule has 106 valence electrons. The van der Waals surface area contributed by atoms with Crippen molar-refractivity contribution in [2.24, 2.45) is 0 Å². The Kier molecular flexibility index (Phi) is 3.86. The number of aliphatic hydroxyl groups is 1. The Morgan fingerprint density at radius 2 is 1.86 bits per heavy atom. The van der Waals surface area contributed by atoms with Crippen LogP contribution >= 0.6 is 11.6 Å². The summed E-state index contributed by atoms with van der Waals surface area (Å²) in [6, 6.07) is 13.3. The highest BCUT2D eigenvalue weighted by Crippen LogP contribution is 2.29. The molecular formula is C17H13ClFNO. The van der Waals surface area contributed by atoms with Crippen molar-refractivity contribution >= 4 is 22.5 Å². The van der Waals surface area contributed by atoms with Crippen molar-refractivity contribution in [2.75, 3.05) is 0 Å². The van der Waals surface area contributed by atoms with Crippen molar-refractivity contribution in [1.82, 2.24) is 4.98 Å². The molecule has 1 unspecified atom stereocenters. The fourth-order valence-electron chi connectivity index (χ4n) is 2.38. The lowest BCUT2D eigenvalue weighted by molar-refractivity contribution is 0.180. The van der Waals surface area contributed by atoms with Gasteiger partial charge in [0, 0.05) is 28.6 Å². The van der Waals surface area contributed by atoms with Crippen LogP contribution in [0.15, 0.2) is 54.7 Å². The van der Waals surface area contributed by atoms with Crippen molar-refractivity contribution < 1.29 is 9.50 Å². The van der Waals surface area contributed by atoms with Crippen LogP contribution in [0.1, 0.15) is 17.2 Å². The average molecular weight is 302 g/mol. The first-order valence-corrected chi connectivity index (χ1v) is 6.98. The summed E-state index contributed by atoms with van der Waals surface area (Å²) in [6.45, 7) is 0. The second-order valence-corrected chi connectivity index (χ2v) is 5.29. The molecule has 3 aromatic rings. The molecule has 3 rings (SSSR count). The maximum absolute atomic E-state index is 12.9. The van der Waals surface area contributed by atoms with E-state index in [0.717, 1.165) is 16.5 Å². The van der Waals surface area contributed by atoms with Crippen LogP contribution in [-0.4, -0.2) is 10.1 Å². The van der Waals surface area contributed by atoms with Crippen molar-refractivity contribution in [3.8, 4) is 0 Å². The van der Waals surface area contributed by atoms with Gasteiger partial charge in [0.25, 0.3) is 0 Å². The summed E-state index contributed by atoms with van der Waals surface area (Å²) >= 11 is 6.15. The minimum absolute atomic E-state index is 0.285. The molecule has 0 aliphatic rings. The van der Waals surface area contributed by atoms with E-state index in [2.05, 4.69) is 4.98 Å². The van der Waals surface area contributed by atoms with Crippen LogP contribution in [-0.2, 0) is 6.42 Å². The van der Waals surface area contributed by atoms with E-state index in [0.29, 0.717) is 17.0 Å². The topological polar surface area (TPSA) is 33.1 Å². The van der Waals surface area contributed by atoms with E-state index >= 15 is 0 Å². The zero-order chi connectivity index (χ0) is 14.8. The molecule has 2 aromatic carbocycles. The normalized spacial score (nSPS) is 12.5. The third-order valence-electron chi connectivity index (χ3n) is 3.45. The van der Waals surface area contributed by atoms with Crippen molar-refractivity contribution in [1.29, 1.82) is 0 Å². The predicted molar refractivity (Wildman–Crippen MR) is 81.8 cm³/mol. The Labute approximate surface area is 126 Å². The third-order valence-corrected chi connectivity index (χ3v) is 3.78. The molecule has 21 heavy (non-hydrogen) atoms. The molecule has 4 heteroatoms.